The fourth-order valence-corrected chi connectivity index (χ4v) is 4.81. The van der Waals surface area contributed by atoms with Gasteiger partial charge in [-0.25, -0.2) is 4.98 Å². The lowest BCUT2D eigenvalue weighted by molar-refractivity contribution is -0.132. The van der Waals surface area contributed by atoms with E-state index in [-0.39, 0.29) is 11.9 Å². The van der Waals surface area contributed by atoms with Gasteiger partial charge in [-0.3, -0.25) is 4.79 Å². The molecule has 0 fully saturated rings. The summed E-state index contributed by atoms with van der Waals surface area (Å²) in [7, 11) is 0. The Morgan fingerprint density at radius 1 is 1.11 bits per heavy atom. The van der Waals surface area contributed by atoms with Gasteiger partial charge in [0.2, 0.25) is 5.91 Å². The molecule has 0 saturated heterocycles. The fourth-order valence-electron chi connectivity index (χ4n) is 3.91. The van der Waals surface area contributed by atoms with Gasteiger partial charge >= 0.3 is 0 Å². The molecule has 0 bridgehead atoms. The maximum atomic E-state index is 13.2. The van der Waals surface area contributed by atoms with Crippen LogP contribution in [0.15, 0.2) is 72.4 Å². The van der Waals surface area contributed by atoms with Crippen molar-refractivity contribution < 1.29 is 4.79 Å². The maximum Gasteiger partial charge on any atom is 0.229 e. The number of hydrogen-bond acceptors (Lipinski definition) is 3. The van der Waals surface area contributed by atoms with Crippen LogP contribution < -0.4 is 0 Å². The Morgan fingerprint density at radius 2 is 1.96 bits per heavy atom. The van der Waals surface area contributed by atoms with E-state index < -0.39 is 0 Å². The number of thiophene rings is 1. The highest BCUT2D eigenvalue weighted by Gasteiger charge is 2.32. The van der Waals surface area contributed by atoms with Crippen LogP contribution in [-0.2, 0) is 17.6 Å². The van der Waals surface area contributed by atoms with E-state index in [0.717, 1.165) is 24.3 Å². The number of aromatic nitrogens is 2. The van der Waals surface area contributed by atoms with Crippen LogP contribution in [0, 0.1) is 0 Å². The monoisotopic (exact) mass is 373 g/mol. The molecule has 4 nitrogen and oxygen atoms in total. The predicted octanol–water partition coefficient (Wildman–Crippen LogP) is 4.11. The van der Waals surface area contributed by atoms with Gasteiger partial charge in [-0.15, -0.1) is 11.3 Å². The molecule has 5 heteroatoms. The summed E-state index contributed by atoms with van der Waals surface area (Å²) in [5.74, 6) is 0.129. The molecule has 4 heterocycles. The first-order valence-electron chi connectivity index (χ1n) is 9.13. The normalized spacial score (nSPS) is 16.4. The molecule has 1 aromatic carbocycles. The van der Waals surface area contributed by atoms with E-state index in [1.165, 1.54) is 16.0 Å². The standard InChI is InChI=1S/C22H19N3OS/c26-21(14-17-15-24-11-5-4-8-20(24)23-17)25-12-9-19-18(10-13-27-19)22(25)16-6-2-1-3-7-16/h1-8,10-11,13,15,22H,9,12,14H2. The lowest BCUT2D eigenvalue weighted by atomic mass is 9.93. The number of nitrogens with zero attached hydrogens (tertiary/aromatic N) is 3. The number of imidazole rings is 1. The topological polar surface area (TPSA) is 37.6 Å². The van der Waals surface area contributed by atoms with Gasteiger partial charge in [0.05, 0.1) is 18.2 Å². The first-order valence-corrected chi connectivity index (χ1v) is 10.0. The lowest BCUT2D eigenvalue weighted by Crippen LogP contribution is -2.40. The van der Waals surface area contributed by atoms with Crippen molar-refractivity contribution in [2.24, 2.45) is 0 Å². The largest absolute Gasteiger partial charge is 0.331 e. The van der Waals surface area contributed by atoms with Crippen molar-refractivity contribution in [1.29, 1.82) is 0 Å². The zero-order valence-corrected chi connectivity index (χ0v) is 15.6. The molecule has 0 spiro atoms. The molecule has 0 saturated carbocycles. The second-order valence-corrected chi connectivity index (χ2v) is 7.83. The minimum absolute atomic E-state index is 0.00858. The molecule has 27 heavy (non-hydrogen) atoms. The highest BCUT2D eigenvalue weighted by Crippen LogP contribution is 2.37. The van der Waals surface area contributed by atoms with Gasteiger partial charge in [0.25, 0.3) is 0 Å². The maximum absolute atomic E-state index is 13.2. The summed E-state index contributed by atoms with van der Waals surface area (Å²) < 4.78 is 1.96. The lowest BCUT2D eigenvalue weighted by Gasteiger charge is -2.36. The summed E-state index contributed by atoms with van der Waals surface area (Å²) in [5, 5.41) is 2.14. The van der Waals surface area contributed by atoms with E-state index in [1.807, 2.05) is 58.1 Å². The third-order valence-electron chi connectivity index (χ3n) is 5.15. The highest BCUT2D eigenvalue weighted by atomic mass is 32.1. The summed E-state index contributed by atoms with van der Waals surface area (Å²) in [6.45, 7) is 0.749. The van der Waals surface area contributed by atoms with E-state index in [9.17, 15) is 4.79 Å². The van der Waals surface area contributed by atoms with Gasteiger partial charge in [-0.2, -0.15) is 0 Å². The zero-order chi connectivity index (χ0) is 18.2. The van der Waals surface area contributed by atoms with E-state index in [2.05, 4.69) is 28.6 Å². The Bertz CT molecular complexity index is 1070. The number of rotatable bonds is 3. The molecule has 0 N–H and O–H groups in total. The molecule has 1 aliphatic heterocycles. The first-order chi connectivity index (χ1) is 13.3. The second kappa shape index (κ2) is 6.67. The predicted molar refractivity (Wildman–Crippen MR) is 107 cm³/mol. The number of carbonyl (C=O) groups excluding carboxylic acids is 1. The molecule has 5 rings (SSSR count). The van der Waals surface area contributed by atoms with Crippen LogP contribution in [0.2, 0.25) is 0 Å². The number of benzene rings is 1. The molecule has 1 atom stereocenters. The molecular weight excluding hydrogens is 354 g/mol. The summed E-state index contributed by atoms with van der Waals surface area (Å²) in [5.41, 5.74) is 4.12. The Labute approximate surface area is 161 Å². The SMILES string of the molecule is O=C(Cc1cn2ccccc2n1)N1CCc2sccc2C1c1ccccc1. The van der Waals surface area contributed by atoms with Crippen LogP contribution in [0.25, 0.3) is 5.65 Å². The summed E-state index contributed by atoms with van der Waals surface area (Å²) in [6, 6.07) is 18.4. The van der Waals surface area contributed by atoms with Crippen molar-refractivity contribution >= 4 is 22.9 Å². The Morgan fingerprint density at radius 3 is 2.81 bits per heavy atom. The molecular formula is C22H19N3OS. The van der Waals surface area contributed by atoms with Gasteiger partial charge < -0.3 is 9.30 Å². The molecule has 3 aromatic heterocycles. The average molecular weight is 373 g/mol. The summed E-state index contributed by atoms with van der Waals surface area (Å²) >= 11 is 1.79. The van der Waals surface area contributed by atoms with Crippen LogP contribution in [0.1, 0.15) is 27.7 Å². The van der Waals surface area contributed by atoms with Crippen molar-refractivity contribution in [2.75, 3.05) is 6.54 Å². The smallest absolute Gasteiger partial charge is 0.229 e. The number of carbonyl (C=O) groups is 1. The van der Waals surface area contributed by atoms with E-state index in [4.69, 9.17) is 0 Å². The van der Waals surface area contributed by atoms with Crippen molar-refractivity contribution in [3.63, 3.8) is 0 Å². The van der Waals surface area contributed by atoms with Crippen LogP contribution in [0.4, 0.5) is 0 Å². The fraction of sp³-hybridized carbons (Fsp3) is 0.182. The van der Waals surface area contributed by atoms with Crippen LogP contribution in [-0.4, -0.2) is 26.7 Å². The number of hydrogen-bond donors (Lipinski definition) is 0. The van der Waals surface area contributed by atoms with Crippen molar-refractivity contribution in [1.82, 2.24) is 14.3 Å². The average Bonchev–Trinajstić information content (AvgIpc) is 3.33. The van der Waals surface area contributed by atoms with Crippen LogP contribution in [0.5, 0.6) is 0 Å². The number of fused-ring (bicyclic) bond motifs is 2. The molecule has 1 aliphatic rings. The first kappa shape index (κ1) is 16.3. The summed E-state index contributed by atoms with van der Waals surface area (Å²) in [4.78, 5) is 21.2. The van der Waals surface area contributed by atoms with Crippen molar-refractivity contribution in [3.8, 4) is 0 Å². The molecule has 4 aromatic rings. The van der Waals surface area contributed by atoms with Gasteiger partial charge in [-0.1, -0.05) is 36.4 Å². The second-order valence-electron chi connectivity index (χ2n) is 6.82. The van der Waals surface area contributed by atoms with Gasteiger partial charge in [0, 0.05) is 23.8 Å². The van der Waals surface area contributed by atoms with E-state index in [0.29, 0.717) is 6.42 Å². The van der Waals surface area contributed by atoms with Crippen molar-refractivity contribution in [2.45, 2.75) is 18.9 Å². The third-order valence-corrected chi connectivity index (χ3v) is 6.14. The van der Waals surface area contributed by atoms with Crippen LogP contribution >= 0.6 is 11.3 Å². The Kier molecular flexibility index (Phi) is 4.02. The van der Waals surface area contributed by atoms with E-state index >= 15 is 0 Å². The van der Waals surface area contributed by atoms with Gasteiger partial charge in [0.1, 0.15) is 5.65 Å². The summed E-state index contributed by atoms with van der Waals surface area (Å²) in [6.07, 6.45) is 5.16. The number of amides is 1. The zero-order valence-electron chi connectivity index (χ0n) is 14.8. The molecule has 1 amide bonds. The minimum atomic E-state index is -0.00858. The minimum Gasteiger partial charge on any atom is -0.331 e. The molecule has 0 aliphatic carbocycles. The van der Waals surface area contributed by atoms with E-state index in [1.54, 1.807) is 11.3 Å². The third kappa shape index (κ3) is 2.94. The Hall–Kier alpha value is -2.92. The molecule has 1 unspecified atom stereocenters. The quantitative estimate of drug-likeness (QED) is 0.542. The van der Waals surface area contributed by atoms with Gasteiger partial charge in [-0.05, 0) is 41.1 Å². The van der Waals surface area contributed by atoms with Crippen LogP contribution in [0.3, 0.4) is 0 Å². The molecule has 0 radical (unpaired) electrons. The van der Waals surface area contributed by atoms with Gasteiger partial charge in [0.15, 0.2) is 0 Å². The van der Waals surface area contributed by atoms with Crippen molar-refractivity contribution in [3.05, 3.63) is 94.1 Å². The number of pyridine rings is 1. The highest BCUT2D eigenvalue weighted by molar-refractivity contribution is 7.10. The Balaban J connectivity index is 1.48. The molecule has 134 valence electrons.